The number of benzene rings is 1. The third-order valence-electron chi connectivity index (χ3n) is 4.46. The first-order chi connectivity index (χ1) is 15.0. The normalized spacial score (nSPS) is 13.4. The van der Waals surface area contributed by atoms with E-state index in [0.717, 1.165) is 0 Å². The van der Waals surface area contributed by atoms with Crippen LogP contribution in [0.4, 0.5) is 20.7 Å². The van der Waals surface area contributed by atoms with E-state index in [1.165, 1.54) is 18.3 Å². The molecule has 9 nitrogen and oxygen atoms in total. The van der Waals surface area contributed by atoms with Crippen molar-refractivity contribution in [2.45, 2.75) is 52.4 Å². The molecule has 0 bridgehead atoms. The van der Waals surface area contributed by atoms with Crippen molar-refractivity contribution >= 4 is 23.2 Å². The Morgan fingerprint density at radius 2 is 2.03 bits per heavy atom. The lowest BCUT2D eigenvalue weighted by Gasteiger charge is -2.23. The summed E-state index contributed by atoms with van der Waals surface area (Å²) in [4.78, 5) is 16.3. The molecule has 32 heavy (non-hydrogen) atoms. The zero-order valence-electron chi connectivity index (χ0n) is 18.8. The van der Waals surface area contributed by atoms with Crippen LogP contribution in [0, 0.1) is 5.82 Å². The van der Waals surface area contributed by atoms with Crippen molar-refractivity contribution < 1.29 is 18.7 Å². The molecule has 0 fully saturated rings. The summed E-state index contributed by atoms with van der Waals surface area (Å²) in [6.45, 7) is 9.28. The van der Waals surface area contributed by atoms with Gasteiger partial charge in [-0.15, -0.1) is 0 Å². The van der Waals surface area contributed by atoms with Gasteiger partial charge in [-0.1, -0.05) is 0 Å². The fourth-order valence-corrected chi connectivity index (χ4v) is 3.03. The number of rotatable bonds is 7. The minimum atomic E-state index is -0.585. The maximum Gasteiger partial charge on any atom is 0.407 e. The Labute approximate surface area is 186 Å². The molecule has 0 unspecified atom stereocenters. The van der Waals surface area contributed by atoms with Gasteiger partial charge >= 0.3 is 6.09 Å². The smallest absolute Gasteiger partial charge is 0.407 e. The van der Waals surface area contributed by atoms with Gasteiger partial charge in [-0.05, 0) is 58.9 Å². The molecule has 1 amide bonds. The molecular formula is C22H29FN6O3. The maximum absolute atomic E-state index is 14.0. The summed E-state index contributed by atoms with van der Waals surface area (Å²) in [5.74, 6) is 0.672. The number of hydrogen-bond acceptors (Lipinski definition) is 7. The van der Waals surface area contributed by atoms with Crippen LogP contribution in [0.1, 0.15) is 46.2 Å². The van der Waals surface area contributed by atoms with Crippen LogP contribution in [0.5, 0.6) is 5.75 Å². The Morgan fingerprint density at radius 1 is 1.28 bits per heavy atom. The van der Waals surface area contributed by atoms with E-state index >= 15 is 0 Å². The minimum absolute atomic E-state index is 0.228. The number of nitrogens with one attached hydrogen (secondary N) is 2. The van der Waals surface area contributed by atoms with E-state index in [0.29, 0.717) is 28.5 Å². The molecule has 3 rings (SSSR count). The molecule has 1 aromatic carbocycles. The molecule has 0 saturated carbocycles. The summed E-state index contributed by atoms with van der Waals surface area (Å²) in [5.41, 5.74) is 6.90. The number of nitrogen functional groups attached to an aromatic ring is 1. The number of nitrogens with two attached hydrogens (primary N) is 1. The largest absolute Gasteiger partial charge is 0.489 e. The Morgan fingerprint density at radius 3 is 2.75 bits per heavy atom. The van der Waals surface area contributed by atoms with Gasteiger partial charge in [0.15, 0.2) is 5.65 Å². The number of carbonyl (C=O) groups excluding carboxylic acids is 1. The van der Waals surface area contributed by atoms with Gasteiger partial charge in [-0.2, -0.15) is 5.10 Å². The summed E-state index contributed by atoms with van der Waals surface area (Å²) >= 11 is 0. The molecule has 10 heteroatoms. The number of anilines is 2. The number of nitrogens with zero attached hydrogens (tertiary/aromatic N) is 3. The molecule has 0 spiro atoms. The van der Waals surface area contributed by atoms with E-state index in [2.05, 4.69) is 20.7 Å². The number of alkyl carbamates (subject to hydrolysis) is 1. The summed E-state index contributed by atoms with van der Waals surface area (Å²) in [6.07, 6.45) is 2.37. The molecular weight excluding hydrogens is 415 g/mol. The number of amides is 1. The Balaban J connectivity index is 1.69. The number of ether oxygens (including phenoxy) is 2. The van der Waals surface area contributed by atoms with Crippen LogP contribution in [0.2, 0.25) is 0 Å². The predicted molar refractivity (Wildman–Crippen MR) is 120 cm³/mol. The first-order valence-electron chi connectivity index (χ1n) is 10.3. The molecule has 0 aliphatic heterocycles. The summed E-state index contributed by atoms with van der Waals surface area (Å²) < 4.78 is 26.8. The van der Waals surface area contributed by atoms with E-state index in [1.807, 2.05) is 6.92 Å². The summed E-state index contributed by atoms with van der Waals surface area (Å²) in [6, 6.07) is 5.73. The molecule has 2 atom stereocenters. The second kappa shape index (κ2) is 9.29. The maximum atomic E-state index is 14.0. The van der Waals surface area contributed by atoms with E-state index in [4.69, 9.17) is 15.2 Å². The van der Waals surface area contributed by atoms with Crippen LogP contribution in [-0.4, -0.2) is 38.9 Å². The number of fused-ring (bicyclic) bond motifs is 1. The van der Waals surface area contributed by atoms with Crippen LogP contribution in [0.15, 0.2) is 36.7 Å². The molecule has 0 aliphatic rings. The van der Waals surface area contributed by atoms with Crippen LogP contribution in [0.3, 0.4) is 0 Å². The number of aromatic nitrogens is 3. The predicted octanol–water partition coefficient (Wildman–Crippen LogP) is 3.92. The average Bonchev–Trinajstić information content (AvgIpc) is 3.07. The topological polar surface area (TPSA) is 116 Å². The van der Waals surface area contributed by atoms with Gasteiger partial charge in [0.05, 0.1) is 24.5 Å². The molecule has 3 aromatic rings. The second-order valence-electron chi connectivity index (χ2n) is 8.54. The van der Waals surface area contributed by atoms with E-state index < -0.39 is 11.7 Å². The van der Waals surface area contributed by atoms with Gasteiger partial charge < -0.3 is 25.8 Å². The van der Waals surface area contributed by atoms with Gasteiger partial charge in [0.2, 0.25) is 0 Å². The van der Waals surface area contributed by atoms with Crippen LogP contribution < -0.4 is 21.1 Å². The fourth-order valence-electron chi connectivity index (χ4n) is 3.03. The lowest BCUT2D eigenvalue weighted by Crippen LogP contribution is -2.37. The molecule has 0 aliphatic carbocycles. The fraction of sp³-hybridized carbons (Fsp3) is 0.409. The first kappa shape index (κ1) is 23.1. The van der Waals surface area contributed by atoms with Gasteiger partial charge in [-0.3, -0.25) is 0 Å². The van der Waals surface area contributed by atoms with Crippen molar-refractivity contribution in [3.05, 3.63) is 48.0 Å². The zero-order chi connectivity index (χ0) is 23.5. The van der Waals surface area contributed by atoms with Crippen molar-refractivity contribution in [3.8, 4) is 5.75 Å². The molecule has 2 heterocycles. The number of carbonyl (C=O) groups is 1. The zero-order valence-corrected chi connectivity index (χ0v) is 18.8. The summed E-state index contributed by atoms with van der Waals surface area (Å²) in [7, 11) is 0. The first-order valence-corrected chi connectivity index (χ1v) is 10.3. The highest BCUT2D eigenvalue weighted by molar-refractivity contribution is 5.67. The van der Waals surface area contributed by atoms with Gasteiger partial charge in [0.1, 0.15) is 29.1 Å². The second-order valence-corrected chi connectivity index (χ2v) is 8.54. The van der Waals surface area contributed by atoms with Gasteiger partial charge in [-0.25, -0.2) is 18.7 Å². The van der Waals surface area contributed by atoms with E-state index in [-0.39, 0.29) is 24.5 Å². The van der Waals surface area contributed by atoms with Crippen molar-refractivity contribution in [2.24, 2.45) is 0 Å². The Bertz CT molecular complexity index is 1090. The molecule has 0 saturated heterocycles. The molecule has 4 N–H and O–H groups in total. The highest BCUT2D eigenvalue weighted by Crippen LogP contribution is 2.29. The van der Waals surface area contributed by atoms with Gasteiger partial charge in [0, 0.05) is 11.8 Å². The number of hydrogen-bond donors (Lipinski definition) is 3. The third-order valence-corrected chi connectivity index (χ3v) is 4.46. The van der Waals surface area contributed by atoms with Crippen molar-refractivity contribution in [3.63, 3.8) is 0 Å². The van der Waals surface area contributed by atoms with Crippen molar-refractivity contribution in [1.29, 1.82) is 0 Å². The molecule has 172 valence electrons. The quantitative estimate of drug-likeness (QED) is 0.506. The average molecular weight is 445 g/mol. The third kappa shape index (κ3) is 5.99. The number of halogens is 1. The molecule has 2 aromatic heterocycles. The highest BCUT2D eigenvalue weighted by atomic mass is 19.1. The van der Waals surface area contributed by atoms with E-state index in [9.17, 15) is 9.18 Å². The lowest BCUT2D eigenvalue weighted by molar-refractivity contribution is 0.0505. The Kier molecular flexibility index (Phi) is 6.71. The summed E-state index contributed by atoms with van der Waals surface area (Å²) in [5, 5.41) is 10.0. The van der Waals surface area contributed by atoms with Crippen LogP contribution in [-0.2, 0) is 4.74 Å². The highest BCUT2D eigenvalue weighted by Gasteiger charge is 2.19. The van der Waals surface area contributed by atoms with E-state index in [1.54, 1.807) is 50.5 Å². The SMILES string of the molecule is C[C@@H](CNC(=O)OC(C)(C)C)Oc1ccc(F)cc1[C@@H](C)Nc1ccn2ncc(N)c2n1. The van der Waals surface area contributed by atoms with Crippen molar-refractivity contribution in [1.82, 2.24) is 19.9 Å². The standard InChI is InChI=1S/C22H29FN6O3/c1-13(11-25-21(30)32-22(3,4)5)31-18-7-6-15(23)10-16(18)14(2)27-19-8-9-29-20(28-19)17(24)12-26-29/h6-10,12-14H,11,24H2,1-5H3,(H,25,30)(H,27,28)/t13-,14+/m0/s1. The minimum Gasteiger partial charge on any atom is -0.489 e. The monoisotopic (exact) mass is 444 g/mol. The van der Waals surface area contributed by atoms with Crippen molar-refractivity contribution in [2.75, 3.05) is 17.6 Å². The van der Waals surface area contributed by atoms with Gasteiger partial charge in [0.25, 0.3) is 0 Å². The lowest BCUT2D eigenvalue weighted by atomic mass is 10.1. The van der Waals surface area contributed by atoms with Crippen LogP contribution in [0.25, 0.3) is 5.65 Å². The van der Waals surface area contributed by atoms with Crippen LogP contribution >= 0.6 is 0 Å². The molecule has 0 radical (unpaired) electrons. The Hall–Kier alpha value is -3.56.